The number of carbonyl (C=O) groups excluding carboxylic acids is 1. The van der Waals surface area contributed by atoms with Gasteiger partial charge in [0.25, 0.3) is 0 Å². The molecule has 2 aromatic rings. The third kappa shape index (κ3) is 3.21. The number of halogens is 4. The summed E-state index contributed by atoms with van der Waals surface area (Å²) in [4.78, 5) is 11.6. The predicted molar refractivity (Wildman–Crippen MR) is 64.0 cm³/mol. The van der Waals surface area contributed by atoms with E-state index in [-0.39, 0.29) is 28.8 Å². The fourth-order valence-electron chi connectivity index (χ4n) is 1.52. The molecule has 0 aliphatic rings. The quantitative estimate of drug-likeness (QED) is 0.858. The molecule has 0 radical (unpaired) electrons. The van der Waals surface area contributed by atoms with Gasteiger partial charge in [-0.05, 0) is 22.0 Å². The molecule has 0 fully saturated rings. The third-order valence-electron chi connectivity index (χ3n) is 2.44. The van der Waals surface area contributed by atoms with Crippen molar-refractivity contribution in [2.24, 2.45) is 0 Å². The zero-order valence-corrected chi connectivity index (χ0v) is 11.4. The molecule has 0 saturated heterocycles. The number of hydrogen-bond acceptors (Lipinski definition) is 4. The highest BCUT2D eigenvalue weighted by Crippen LogP contribution is 2.30. The van der Waals surface area contributed by atoms with Crippen molar-refractivity contribution < 1.29 is 27.1 Å². The number of nitrogens with one attached hydrogen (secondary N) is 1. The van der Waals surface area contributed by atoms with Crippen molar-refractivity contribution in [1.29, 1.82) is 0 Å². The number of ether oxygens (including phenoxy) is 1. The zero-order valence-electron chi connectivity index (χ0n) is 9.83. The predicted octanol–water partition coefficient (Wildman–Crippen LogP) is 3.18. The van der Waals surface area contributed by atoms with E-state index in [0.29, 0.717) is 0 Å². The van der Waals surface area contributed by atoms with E-state index in [2.05, 4.69) is 21.0 Å². The van der Waals surface area contributed by atoms with Crippen LogP contribution in [0.4, 0.5) is 13.2 Å². The summed E-state index contributed by atoms with van der Waals surface area (Å²) < 4.78 is 47.6. The Labute approximate surface area is 119 Å². The molecule has 1 N–H and O–H groups in total. The maximum absolute atomic E-state index is 12.5. The molecule has 0 bridgehead atoms. The molecule has 9 heteroatoms. The van der Waals surface area contributed by atoms with Gasteiger partial charge in [-0.25, -0.2) is 4.79 Å². The summed E-state index contributed by atoms with van der Waals surface area (Å²) in [6, 6.07) is 1.39. The Bertz CT molecular complexity index is 606. The second kappa shape index (κ2) is 5.70. The van der Waals surface area contributed by atoms with Crippen molar-refractivity contribution in [3.63, 3.8) is 0 Å². The van der Waals surface area contributed by atoms with E-state index < -0.39 is 17.8 Å². The maximum Gasteiger partial charge on any atom is 0.433 e. The van der Waals surface area contributed by atoms with Crippen LogP contribution in [0.2, 0.25) is 0 Å². The molecule has 0 unspecified atom stereocenters. The molecule has 0 aliphatic heterocycles. The average Bonchev–Trinajstić information content (AvgIpc) is 2.96. The number of esters is 1. The van der Waals surface area contributed by atoms with Crippen LogP contribution in [-0.4, -0.2) is 22.8 Å². The van der Waals surface area contributed by atoms with Gasteiger partial charge in [0.05, 0.1) is 19.1 Å². The van der Waals surface area contributed by atoms with Crippen LogP contribution in [0.5, 0.6) is 0 Å². The van der Waals surface area contributed by atoms with E-state index in [0.717, 1.165) is 6.20 Å². The van der Waals surface area contributed by atoms with Gasteiger partial charge in [-0.1, -0.05) is 0 Å². The first-order valence-corrected chi connectivity index (χ1v) is 6.18. The second-order valence-corrected chi connectivity index (χ2v) is 4.48. The highest BCUT2D eigenvalue weighted by Gasteiger charge is 2.35. The molecule has 108 valence electrons. The molecular weight excluding hydrogens is 345 g/mol. The number of rotatable bonds is 4. The van der Waals surface area contributed by atoms with E-state index in [1.54, 1.807) is 0 Å². The smallest absolute Gasteiger partial charge is 0.433 e. The number of aromatic amines is 1. The van der Waals surface area contributed by atoms with Gasteiger partial charge in [-0.2, -0.15) is 18.3 Å². The number of carbonyl (C=O) groups is 1. The fourth-order valence-corrected chi connectivity index (χ4v) is 1.92. The average molecular weight is 353 g/mol. The Balaban J connectivity index is 1.93. The third-order valence-corrected chi connectivity index (χ3v) is 3.06. The highest BCUT2D eigenvalue weighted by molar-refractivity contribution is 9.10. The second-order valence-electron chi connectivity index (χ2n) is 3.76. The lowest BCUT2D eigenvalue weighted by Crippen LogP contribution is -2.12. The summed E-state index contributed by atoms with van der Waals surface area (Å²) >= 11 is 3.00. The lowest BCUT2D eigenvalue weighted by Gasteiger charge is -2.07. The van der Waals surface area contributed by atoms with Crippen LogP contribution in [0.25, 0.3) is 0 Å². The van der Waals surface area contributed by atoms with Gasteiger partial charge in [0.1, 0.15) is 11.3 Å². The summed E-state index contributed by atoms with van der Waals surface area (Å²) in [5.74, 6) is -0.678. The Kier molecular flexibility index (Phi) is 4.17. The lowest BCUT2D eigenvalue weighted by molar-refractivity contribution is -0.141. The van der Waals surface area contributed by atoms with Crippen LogP contribution in [0.15, 0.2) is 27.6 Å². The van der Waals surface area contributed by atoms with Crippen LogP contribution in [0.1, 0.15) is 21.6 Å². The van der Waals surface area contributed by atoms with Gasteiger partial charge in [0.2, 0.25) is 0 Å². The molecule has 5 nitrogen and oxygen atoms in total. The number of hydrogen-bond donors (Lipinski definition) is 1. The first-order chi connectivity index (χ1) is 9.39. The Morgan fingerprint density at radius 3 is 2.85 bits per heavy atom. The molecule has 2 aromatic heterocycles. The van der Waals surface area contributed by atoms with Crippen LogP contribution in [0.3, 0.4) is 0 Å². The molecule has 0 amide bonds. The van der Waals surface area contributed by atoms with E-state index in [1.807, 2.05) is 5.10 Å². The van der Waals surface area contributed by atoms with E-state index in [1.165, 1.54) is 12.3 Å². The van der Waals surface area contributed by atoms with Crippen LogP contribution in [0, 0.1) is 0 Å². The van der Waals surface area contributed by atoms with Crippen LogP contribution >= 0.6 is 15.9 Å². The largest absolute Gasteiger partial charge is 0.462 e. The van der Waals surface area contributed by atoms with Gasteiger partial charge < -0.3 is 9.15 Å². The molecule has 2 rings (SSSR count). The van der Waals surface area contributed by atoms with Gasteiger partial charge in [-0.15, -0.1) is 0 Å². The minimum absolute atomic E-state index is 0.0587. The fraction of sp³-hybridized carbons (Fsp3) is 0.273. The Morgan fingerprint density at radius 2 is 2.25 bits per heavy atom. The summed E-state index contributed by atoms with van der Waals surface area (Å²) in [6.45, 7) is -0.195. The van der Waals surface area contributed by atoms with Crippen molar-refractivity contribution in [1.82, 2.24) is 10.2 Å². The number of furan rings is 1. The van der Waals surface area contributed by atoms with Crippen molar-refractivity contribution in [3.8, 4) is 0 Å². The first kappa shape index (κ1) is 14.6. The minimum Gasteiger partial charge on any atom is -0.462 e. The molecule has 20 heavy (non-hydrogen) atoms. The number of aromatic nitrogens is 2. The number of alkyl halides is 3. The van der Waals surface area contributed by atoms with Gasteiger partial charge >= 0.3 is 12.1 Å². The summed E-state index contributed by atoms with van der Waals surface area (Å²) in [7, 11) is 0. The topological polar surface area (TPSA) is 68.1 Å². The highest BCUT2D eigenvalue weighted by atomic mass is 79.9. The summed E-state index contributed by atoms with van der Waals surface area (Å²) in [5.41, 5.74) is -0.817. The number of H-pyrrole nitrogens is 1. The standard InChI is InChI=1S/C11H8BrF3N2O3/c12-9-7(2-4-19-9)10(18)20-3-1-6-5-16-17-8(6)11(13,14)15/h2,4-5H,1,3H2,(H,16,17). The van der Waals surface area contributed by atoms with Crippen molar-refractivity contribution in [2.45, 2.75) is 12.6 Å². The molecule has 0 aliphatic carbocycles. The molecule has 0 saturated carbocycles. The SMILES string of the molecule is O=C(OCCc1cn[nH]c1C(F)(F)F)c1ccoc1Br. The zero-order chi connectivity index (χ0) is 14.8. The van der Waals surface area contributed by atoms with Crippen molar-refractivity contribution >= 4 is 21.9 Å². The van der Waals surface area contributed by atoms with Gasteiger partial charge in [0.15, 0.2) is 4.67 Å². The molecular formula is C11H8BrF3N2O3. The maximum atomic E-state index is 12.5. The summed E-state index contributed by atoms with van der Waals surface area (Å²) in [6.07, 6.45) is -2.25. The van der Waals surface area contributed by atoms with E-state index >= 15 is 0 Å². The molecule has 0 atom stereocenters. The van der Waals surface area contributed by atoms with Crippen molar-refractivity contribution in [3.05, 3.63) is 40.0 Å². The Hall–Kier alpha value is -1.77. The normalized spacial score (nSPS) is 11.6. The molecule has 2 heterocycles. The lowest BCUT2D eigenvalue weighted by atomic mass is 10.2. The van der Waals surface area contributed by atoms with Crippen LogP contribution < -0.4 is 0 Å². The van der Waals surface area contributed by atoms with Crippen molar-refractivity contribution in [2.75, 3.05) is 6.61 Å². The van der Waals surface area contributed by atoms with E-state index in [4.69, 9.17) is 9.15 Å². The van der Waals surface area contributed by atoms with E-state index in [9.17, 15) is 18.0 Å². The van der Waals surface area contributed by atoms with Gasteiger partial charge in [0, 0.05) is 12.0 Å². The number of nitrogens with zero attached hydrogens (tertiary/aromatic N) is 1. The molecule has 0 spiro atoms. The minimum atomic E-state index is -4.51. The van der Waals surface area contributed by atoms with Gasteiger partial charge in [-0.3, -0.25) is 5.10 Å². The summed E-state index contributed by atoms with van der Waals surface area (Å²) in [5, 5.41) is 5.22. The monoisotopic (exact) mass is 352 g/mol. The Morgan fingerprint density at radius 1 is 1.50 bits per heavy atom. The first-order valence-electron chi connectivity index (χ1n) is 5.39. The van der Waals surface area contributed by atoms with Crippen LogP contribution in [-0.2, 0) is 17.3 Å². The molecule has 0 aromatic carbocycles.